The Labute approximate surface area is 57.6 Å². The van der Waals surface area contributed by atoms with Gasteiger partial charge in [-0.05, 0) is 20.8 Å². The molecule has 1 nitrogen and oxygen atoms in total. The number of carbonyl (C=O) groups is 1. The van der Waals surface area contributed by atoms with Crippen LogP contribution in [0, 0.1) is 0 Å². The van der Waals surface area contributed by atoms with Gasteiger partial charge in [0.15, 0.2) is 0 Å². The average Bonchev–Trinajstić information content (AvgIpc) is 1.31. The molecule has 0 aliphatic rings. The third-order valence-corrected chi connectivity index (χ3v) is 1.60. The van der Waals surface area contributed by atoms with Gasteiger partial charge in [0.25, 0.3) is 0 Å². The van der Waals surface area contributed by atoms with Crippen LogP contribution in [0.3, 0.4) is 0 Å². The van der Waals surface area contributed by atoms with E-state index in [1.807, 2.05) is 13.8 Å². The molecule has 0 unspecified atom stereocenters. The molecule has 0 aromatic carbocycles. The van der Waals surface area contributed by atoms with Crippen molar-refractivity contribution in [2.24, 2.45) is 0 Å². The van der Waals surface area contributed by atoms with E-state index in [2.05, 4.69) is 22.6 Å². The Bertz CT molecular complexity index is 80.6. The quantitative estimate of drug-likeness (QED) is 0.478. The van der Waals surface area contributed by atoms with Gasteiger partial charge in [0.2, 0.25) is 0 Å². The number of Topliss-reactive ketones (excluding diaryl/α,β-unsaturated/α-hetero) is 1. The second-order valence-corrected chi connectivity index (χ2v) is 4.73. The summed E-state index contributed by atoms with van der Waals surface area (Å²) in [4.78, 5) is 10.5. The Balaban J connectivity index is 3.79. The van der Waals surface area contributed by atoms with Gasteiger partial charge in [-0.15, -0.1) is 0 Å². The third-order valence-electron chi connectivity index (χ3n) is 0.837. The molecule has 0 saturated heterocycles. The van der Waals surface area contributed by atoms with E-state index in [1.54, 1.807) is 6.92 Å². The third kappa shape index (κ3) is 3.02. The first-order chi connectivity index (χ1) is 2.94. The average molecular weight is 212 g/mol. The van der Waals surface area contributed by atoms with Gasteiger partial charge in [0, 0.05) is 0 Å². The Kier molecular flexibility index (Phi) is 2.23. The SMILES string of the molecule is CC(=O)C(C)(C)I. The van der Waals surface area contributed by atoms with E-state index in [1.165, 1.54) is 0 Å². The number of rotatable bonds is 1. The zero-order chi connectivity index (χ0) is 6.08. The molecule has 0 fully saturated rings. The van der Waals surface area contributed by atoms with Crippen LogP contribution >= 0.6 is 22.6 Å². The van der Waals surface area contributed by atoms with Crippen molar-refractivity contribution in [3.8, 4) is 0 Å². The summed E-state index contributed by atoms with van der Waals surface area (Å²) < 4.78 is -0.169. The van der Waals surface area contributed by atoms with Crippen LogP contribution in [0.2, 0.25) is 0 Å². The van der Waals surface area contributed by atoms with Gasteiger partial charge in [-0.3, -0.25) is 4.79 Å². The summed E-state index contributed by atoms with van der Waals surface area (Å²) in [5.74, 6) is 0.230. The predicted octanol–water partition coefficient (Wildman–Crippen LogP) is 1.79. The van der Waals surface area contributed by atoms with Crippen LogP contribution in [0.25, 0.3) is 0 Å². The first-order valence-corrected chi connectivity index (χ1v) is 3.22. The second-order valence-electron chi connectivity index (χ2n) is 2.03. The number of hydrogen-bond donors (Lipinski definition) is 0. The largest absolute Gasteiger partial charge is 0.299 e. The van der Waals surface area contributed by atoms with E-state index >= 15 is 0 Å². The molecule has 0 aliphatic carbocycles. The van der Waals surface area contributed by atoms with E-state index in [0.29, 0.717) is 0 Å². The minimum Gasteiger partial charge on any atom is -0.299 e. The van der Waals surface area contributed by atoms with Crippen molar-refractivity contribution in [2.45, 2.75) is 24.2 Å². The van der Waals surface area contributed by atoms with Crippen LogP contribution in [0.4, 0.5) is 0 Å². The van der Waals surface area contributed by atoms with Gasteiger partial charge in [0.1, 0.15) is 5.78 Å². The van der Waals surface area contributed by atoms with Crippen LogP contribution in [0.15, 0.2) is 0 Å². The Morgan fingerprint density at radius 2 is 1.71 bits per heavy atom. The monoisotopic (exact) mass is 212 g/mol. The van der Waals surface area contributed by atoms with E-state index in [9.17, 15) is 4.79 Å². The molecule has 0 saturated carbocycles. The maximum Gasteiger partial charge on any atom is 0.145 e. The Morgan fingerprint density at radius 3 is 1.71 bits per heavy atom. The molecule has 42 valence electrons. The molecule has 0 radical (unpaired) electrons. The van der Waals surface area contributed by atoms with Gasteiger partial charge < -0.3 is 0 Å². The lowest BCUT2D eigenvalue weighted by molar-refractivity contribution is -0.118. The van der Waals surface area contributed by atoms with Gasteiger partial charge in [0.05, 0.1) is 3.42 Å². The van der Waals surface area contributed by atoms with Gasteiger partial charge in [-0.2, -0.15) is 0 Å². The lowest BCUT2D eigenvalue weighted by Crippen LogP contribution is -2.19. The summed E-state index contributed by atoms with van der Waals surface area (Å²) in [5.41, 5.74) is 0. The van der Waals surface area contributed by atoms with Gasteiger partial charge in [-0.25, -0.2) is 0 Å². The minimum atomic E-state index is -0.169. The van der Waals surface area contributed by atoms with Crippen LogP contribution in [0.1, 0.15) is 20.8 Å². The Hall–Kier alpha value is 0.400. The van der Waals surface area contributed by atoms with E-state index in [4.69, 9.17) is 0 Å². The van der Waals surface area contributed by atoms with Crippen molar-refractivity contribution < 1.29 is 4.79 Å². The highest BCUT2D eigenvalue weighted by Gasteiger charge is 2.17. The molecule has 0 bridgehead atoms. The van der Waals surface area contributed by atoms with Crippen LogP contribution in [-0.4, -0.2) is 9.20 Å². The summed E-state index contributed by atoms with van der Waals surface area (Å²) in [6.07, 6.45) is 0. The van der Waals surface area contributed by atoms with Crippen LogP contribution < -0.4 is 0 Å². The fraction of sp³-hybridized carbons (Fsp3) is 0.800. The lowest BCUT2D eigenvalue weighted by Gasteiger charge is -2.08. The highest BCUT2D eigenvalue weighted by Crippen LogP contribution is 2.16. The highest BCUT2D eigenvalue weighted by molar-refractivity contribution is 14.1. The molecule has 0 atom stereocenters. The number of carbonyl (C=O) groups excluding carboxylic acids is 1. The van der Waals surface area contributed by atoms with Gasteiger partial charge in [-0.1, -0.05) is 22.6 Å². The molecular weight excluding hydrogens is 203 g/mol. The number of alkyl halides is 1. The van der Waals surface area contributed by atoms with Crippen molar-refractivity contribution in [2.75, 3.05) is 0 Å². The first kappa shape index (κ1) is 7.40. The fourth-order valence-electron chi connectivity index (χ4n) is 0. The summed E-state index contributed by atoms with van der Waals surface area (Å²) in [5, 5.41) is 0. The van der Waals surface area contributed by atoms with E-state index < -0.39 is 0 Å². The smallest absolute Gasteiger partial charge is 0.145 e. The second kappa shape index (κ2) is 2.11. The molecule has 0 amide bonds. The topological polar surface area (TPSA) is 17.1 Å². The number of hydrogen-bond acceptors (Lipinski definition) is 1. The zero-order valence-corrected chi connectivity index (χ0v) is 6.94. The minimum absolute atomic E-state index is 0.169. The molecule has 7 heavy (non-hydrogen) atoms. The Morgan fingerprint density at radius 1 is 1.57 bits per heavy atom. The number of halogens is 1. The molecule has 0 N–H and O–H groups in total. The normalized spacial score (nSPS) is 11.4. The molecule has 2 heteroatoms. The fourth-order valence-corrected chi connectivity index (χ4v) is 0. The van der Waals surface area contributed by atoms with Crippen LogP contribution in [-0.2, 0) is 4.79 Å². The zero-order valence-electron chi connectivity index (χ0n) is 4.79. The van der Waals surface area contributed by atoms with Crippen LogP contribution in [0.5, 0.6) is 0 Å². The summed E-state index contributed by atoms with van der Waals surface area (Å²) in [6.45, 7) is 5.40. The molecular formula is C5H9IO. The summed E-state index contributed by atoms with van der Waals surface area (Å²) in [7, 11) is 0. The molecule has 0 heterocycles. The van der Waals surface area contributed by atoms with Crippen molar-refractivity contribution in [1.29, 1.82) is 0 Å². The standard InChI is InChI=1S/C5H9IO/c1-4(7)5(2,3)6/h1-3H3. The van der Waals surface area contributed by atoms with Crippen molar-refractivity contribution in [3.05, 3.63) is 0 Å². The molecule has 0 aromatic heterocycles. The molecule has 0 spiro atoms. The van der Waals surface area contributed by atoms with E-state index in [-0.39, 0.29) is 9.20 Å². The van der Waals surface area contributed by atoms with Crippen molar-refractivity contribution >= 4 is 28.4 Å². The van der Waals surface area contributed by atoms with Gasteiger partial charge >= 0.3 is 0 Å². The summed E-state index contributed by atoms with van der Waals surface area (Å²) >= 11 is 2.12. The molecule has 0 aromatic rings. The lowest BCUT2D eigenvalue weighted by atomic mass is 10.1. The maximum atomic E-state index is 10.5. The number of ketones is 1. The first-order valence-electron chi connectivity index (χ1n) is 2.14. The molecule has 0 aliphatic heterocycles. The van der Waals surface area contributed by atoms with E-state index in [0.717, 1.165) is 0 Å². The molecule has 0 rings (SSSR count). The highest BCUT2D eigenvalue weighted by atomic mass is 127. The maximum absolute atomic E-state index is 10.5. The van der Waals surface area contributed by atoms with Crippen molar-refractivity contribution in [1.82, 2.24) is 0 Å². The summed E-state index contributed by atoms with van der Waals surface area (Å²) in [6, 6.07) is 0. The van der Waals surface area contributed by atoms with Crippen molar-refractivity contribution in [3.63, 3.8) is 0 Å². The predicted molar refractivity (Wildman–Crippen MR) is 38.8 cm³/mol.